The molecule has 0 fully saturated rings. The molecule has 3 amide bonds. The van der Waals surface area contributed by atoms with Crippen molar-refractivity contribution in [3.8, 4) is 0 Å². The highest BCUT2D eigenvalue weighted by Crippen LogP contribution is 2.19. The number of hydrogen-bond donors (Lipinski definition) is 6. The second-order valence-electron chi connectivity index (χ2n) is 7.61. The van der Waals surface area contributed by atoms with Crippen molar-refractivity contribution in [3.63, 3.8) is 0 Å². The van der Waals surface area contributed by atoms with E-state index in [1.54, 1.807) is 48.2 Å². The Morgan fingerprint density at radius 3 is 2.29 bits per heavy atom. The van der Waals surface area contributed by atoms with Gasteiger partial charge in [-0.05, 0) is 55.5 Å². The Balaban J connectivity index is 2.06. The average molecular weight is 502 g/mol. The summed E-state index contributed by atoms with van der Waals surface area (Å²) in [6, 6.07) is 13.2. The standard InChI is InChI=1S/C23H31N7O4S/c1-35-17-11-9-16(10-12-17)29-30-23(34)28-19(14-15-6-3-2-4-7-15)20(31)27-18(21(32)33)8-5-13-26-22(24)25/h2-4,6-7,9-12,18-19,22,26H,5,8,13-14,24-25H2,1H3,(H,27,31)(H,28,34)(H,32,33)/b30-29+. The van der Waals surface area contributed by atoms with E-state index in [-0.39, 0.29) is 12.8 Å². The topological polar surface area (TPSA) is 184 Å². The lowest BCUT2D eigenvalue weighted by molar-refractivity contribution is -0.142. The molecule has 188 valence electrons. The van der Waals surface area contributed by atoms with Crippen LogP contribution in [0.1, 0.15) is 18.4 Å². The number of azo groups is 1. The van der Waals surface area contributed by atoms with Crippen LogP contribution >= 0.6 is 11.8 Å². The SMILES string of the molecule is CSc1ccc(/N=N/C(=O)NC(Cc2ccccc2)C(=O)NC(CCCNC(N)N)C(=O)O)cc1. The number of nitrogens with two attached hydrogens (primary N) is 2. The molecule has 0 saturated carbocycles. The van der Waals surface area contributed by atoms with Crippen molar-refractivity contribution < 1.29 is 19.5 Å². The molecule has 0 heterocycles. The molecule has 2 aromatic rings. The molecular weight excluding hydrogens is 470 g/mol. The quantitative estimate of drug-likeness (QED) is 0.104. The van der Waals surface area contributed by atoms with E-state index < -0.39 is 36.3 Å². The predicted octanol–water partition coefficient (Wildman–Crippen LogP) is 1.95. The molecule has 0 aromatic heterocycles. The first-order valence-corrected chi connectivity index (χ1v) is 12.2. The van der Waals surface area contributed by atoms with Crippen LogP contribution < -0.4 is 27.4 Å². The summed E-state index contributed by atoms with van der Waals surface area (Å²) in [6.07, 6.45) is 1.95. The summed E-state index contributed by atoms with van der Waals surface area (Å²) in [4.78, 5) is 38.1. The van der Waals surface area contributed by atoms with E-state index in [0.29, 0.717) is 18.7 Å². The summed E-state index contributed by atoms with van der Waals surface area (Å²) < 4.78 is 0. The molecule has 0 radical (unpaired) electrons. The van der Waals surface area contributed by atoms with Crippen LogP contribution in [-0.2, 0) is 16.0 Å². The Labute approximate surface area is 208 Å². The number of nitrogens with zero attached hydrogens (tertiary/aromatic N) is 2. The second kappa shape index (κ2) is 14.8. The zero-order valence-corrected chi connectivity index (χ0v) is 20.2. The fourth-order valence-corrected chi connectivity index (χ4v) is 3.50. The minimum Gasteiger partial charge on any atom is -0.480 e. The number of aliphatic carboxylic acids is 1. The number of rotatable bonds is 13. The van der Waals surface area contributed by atoms with Gasteiger partial charge in [0.15, 0.2) is 0 Å². The van der Waals surface area contributed by atoms with Crippen LogP contribution in [0.3, 0.4) is 0 Å². The van der Waals surface area contributed by atoms with Crippen molar-refractivity contribution in [3.05, 3.63) is 60.2 Å². The number of nitrogens with one attached hydrogen (secondary N) is 3. The van der Waals surface area contributed by atoms with E-state index in [2.05, 4.69) is 26.2 Å². The van der Waals surface area contributed by atoms with E-state index in [0.717, 1.165) is 10.5 Å². The van der Waals surface area contributed by atoms with E-state index in [1.807, 2.05) is 24.5 Å². The molecule has 11 nitrogen and oxygen atoms in total. The van der Waals surface area contributed by atoms with Crippen LogP contribution in [-0.4, -0.2) is 54.2 Å². The molecule has 0 spiro atoms. The molecule has 2 rings (SSSR count). The molecule has 0 bridgehead atoms. The minimum absolute atomic E-state index is 0.145. The Hall–Kier alpha value is -3.32. The Morgan fingerprint density at radius 1 is 1.00 bits per heavy atom. The lowest BCUT2D eigenvalue weighted by Crippen LogP contribution is -2.52. The van der Waals surface area contributed by atoms with Crippen molar-refractivity contribution in [1.82, 2.24) is 16.0 Å². The third kappa shape index (κ3) is 10.6. The molecule has 35 heavy (non-hydrogen) atoms. The van der Waals surface area contributed by atoms with Crippen molar-refractivity contribution in [2.75, 3.05) is 12.8 Å². The number of hydrogen-bond acceptors (Lipinski definition) is 8. The smallest absolute Gasteiger partial charge is 0.360 e. The fraction of sp³-hybridized carbons (Fsp3) is 0.348. The van der Waals surface area contributed by atoms with Gasteiger partial charge in [0.05, 0.1) is 5.69 Å². The molecule has 0 aliphatic heterocycles. The van der Waals surface area contributed by atoms with Gasteiger partial charge in [-0.15, -0.1) is 16.9 Å². The van der Waals surface area contributed by atoms with Gasteiger partial charge in [-0.1, -0.05) is 35.4 Å². The molecule has 8 N–H and O–H groups in total. The van der Waals surface area contributed by atoms with Crippen molar-refractivity contribution >= 4 is 35.4 Å². The lowest BCUT2D eigenvalue weighted by Gasteiger charge is -2.21. The van der Waals surface area contributed by atoms with E-state index in [1.165, 1.54) is 0 Å². The van der Waals surface area contributed by atoms with Gasteiger partial charge in [0.25, 0.3) is 0 Å². The van der Waals surface area contributed by atoms with E-state index in [4.69, 9.17) is 11.5 Å². The van der Waals surface area contributed by atoms with E-state index >= 15 is 0 Å². The molecular formula is C23H31N7O4S. The minimum atomic E-state index is -1.19. The summed E-state index contributed by atoms with van der Waals surface area (Å²) in [7, 11) is 0. The van der Waals surface area contributed by atoms with Gasteiger partial charge in [-0.2, -0.15) is 0 Å². The number of benzene rings is 2. The van der Waals surface area contributed by atoms with Crippen molar-refractivity contribution in [1.29, 1.82) is 0 Å². The van der Waals surface area contributed by atoms with Crippen molar-refractivity contribution in [2.45, 2.75) is 42.5 Å². The number of amides is 3. The maximum Gasteiger partial charge on any atom is 0.360 e. The monoisotopic (exact) mass is 501 g/mol. The molecule has 12 heteroatoms. The Kier molecular flexibility index (Phi) is 11.8. The fourth-order valence-electron chi connectivity index (χ4n) is 3.09. The van der Waals surface area contributed by atoms with Crippen LogP contribution in [0.4, 0.5) is 10.5 Å². The zero-order valence-electron chi connectivity index (χ0n) is 19.4. The van der Waals surface area contributed by atoms with Gasteiger partial charge in [-0.3, -0.25) is 10.1 Å². The van der Waals surface area contributed by atoms with Crippen LogP contribution in [0.5, 0.6) is 0 Å². The summed E-state index contributed by atoms with van der Waals surface area (Å²) >= 11 is 1.58. The number of carbonyl (C=O) groups excluding carboxylic acids is 2. The van der Waals surface area contributed by atoms with Gasteiger partial charge in [0.1, 0.15) is 18.4 Å². The van der Waals surface area contributed by atoms with Crippen LogP contribution in [0.25, 0.3) is 0 Å². The first kappa shape index (κ1) is 27.9. The highest BCUT2D eigenvalue weighted by molar-refractivity contribution is 7.98. The van der Waals surface area contributed by atoms with Crippen LogP contribution in [0.15, 0.2) is 69.7 Å². The third-order valence-corrected chi connectivity index (χ3v) is 5.63. The summed E-state index contributed by atoms with van der Waals surface area (Å²) in [5.74, 6) is -1.83. The van der Waals surface area contributed by atoms with Crippen molar-refractivity contribution in [2.24, 2.45) is 21.7 Å². The number of urea groups is 1. The maximum atomic E-state index is 13.0. The number of carbonyl (C=O) groups is 3. The molecule has 2 unspecified atom stereocenters. The zero-order chi connectivity index (χ0) is 25.6. The molecule has 2 aromatic carbocycles. The Bertz CT molecular complexity index is 987. The third-order valence-electron chi connectivity index (χ3n) is 4.89. The van der Waals surface area contributed by atoms with E-state index in [9.17, 15) is 19.5 Å². The van der Waals surface area contributed by atoms with Gasteiger partial charge < -0.3 is 27.2 Å². The van der Waals surface area contributed by atoms with Gasteiger partial charge in [0, 0.05) is 11.3 Å². The largest absolute Gasteiger partial charge is 0.480 e. The molecule has 0 aliphatic rings. The average Bonchev–Trinajstić information content (AvgIpc) is 2.84. The highest BCUT2D eigenvalue weighted by Gasteiger charge is 2.26. The summed E-state index contributed by atoms with van der Waals surface area (Å²) in [5, 5.41) is 24.9. The predicted molar refractivity (Wildman–Crippen MR) is 134 cm³/mol. The normalized spacial score (nSPS) is 12.9. The van der Waals surface area contributed by atoms with Gasteiger partial charge >= 0.3 is 12.0 Å². The number of thioether (sulfide) groups is 1. The summed E-state index contributed by atoms with van der Waals surface area (Å²) in [5.41, 5.74) is 12.1. The first-order chi connectivity index (χ1) is 16.8. The molecule has 0 aliphatic carbocycles. The number of carboxylic acids is 1. The summed E-state index contributed by atoms with van der Waals surface area (Å²) in [6.45, 7) is 0.389. The van der Waals surface area contributed by atoms with Gasteiger partial charge in [-0.25, -0.2) is 9.59 Å². The second-order valence-corrected chi connectivity index (χ2v) is 8.49. The maximum absolute atomic E-state index is 13.0. The lowest BCUT2D eigenvalue weighted by atomic mass is 10.0. The Morgan fingerprint density at radius 2 is 1.69 bits per heavy atom. The number of carboxylic acid groups (broad SMARTS) is 1. The highest BCUT2D eigenvalue weighted by atomic mass is 32.2. The van der Waals surface area contributed by atoms with Gasteiger partial charge in [0.2, 0.25) is 5.91 Å². The molecule has 2 atom stereocenters. The van der Waals surface area contributed by atoms with Crippen LogP contribution in [0.2, 0.25) is 0 Å². The first-order valence-electron chi connectivity index (χ1n) is 11.0. The molecule has 0 saturated heterocycles. The van der Waals surface area contributed by atoms with Crippen LogP contribution in [0, 0.1) is 0 Å².